The molecule has 1 aromatic heterocycles. The molecule has 0 spiro atoms. The molecule has 2 aromatic carbocycles. The number of rotatable bonds is 3. The first-order valence-corrected chi connectivity index (χ1v) is 6.98. The topological polar surface area (TPSA) is 57.8 Å². The summed E-state index contributed by atoms with van der Waals surface area (Å²) in [7, 11) is 0. The van der Waals surface area contributed by atoms with Crippen molar-refractivity contribution in [2.75, 3.05) is 5.32 Å². The van der Waals surface area contributed by atoms with Crippen LogP contribution in [0.2, 0.25) is 0 Å². The Balaban J connectivity index is 1.78. The molecule has 21 heavy (non-hydrogen) atoms. The summed E-state index contributed by atoms with van der Waals surface area (Å²) >= 11 is 0. The number of H-pyrrole nitrogens is 1. The standard InChI is InChI=1S/C17H17N3O/c1-11(2)12-3-6-14(7-4-12)20-17(21)13-5-8-15-16(9-13)19-10-18-15/h3-11H,1-2H3,(H,18,19)(H,20,21). The molecule has 0 bridgehead atoms. The van der Waals surface area contributed by atoms with E-state index in [1.54, 1.807) is 18.5 Å². The number of carbonyl (C=O) groups is 1. The van der Waals surface area contributed by atoms with Gasteiger partial charge in [-0.15, -0.1) is 0 Å². The van der Waals surface area contributed by atoms with Gasteiger partial charge in [0.2, 0.25) is 0 Å². The summed E-state index contributed by atoms with van der Waals surface area (Å²) in [4.78, 5) is 19.4. The number of carbonyl (C=O) groups excluding carboxylic acids is 1. The van der Waals surface area contributed by atoms with Crippen molar-refractivity contribution < 1.29 is 4.79 Å². The lowest BCUT2D eigenvalue weighted by molar-refractivity contribution is 0.102. The van der Waals surface area contributed by atoms with E-state index >= 15 is 0 Å². The molecule has 4 heteroatoms. The van der Waals surface area contributed by atoms with Crippen molar-refractivity contribution in [3.8, 4) is 0 Å². The van der Waals surface area contributed by atoms with E-state index in [1.165, 1.54) is 5.56 Å². The van der Waals surface area contributed by atoms with Gasteiger partial charge in [0.1, 0.15) is 0 Å². The lowest BCUT2D eigenvalue weighted by Crippen LogP contribution is -2.11. The van der Waals surface area contributed by atoms with E-state index in [1.807, 2.05) is 30.3 Å². The monoisotopic (exact) mass is 279 g/mol. The van der Waals surface area contributed by atoms with E-state index in [2.05, 4.69) is 29.1 Å². The van der Waals surface area contributed by atoms with Crippen LogP contribution >= 0.6 is 0 Å². The normalized spacial score (nSPS) is 11.0. The maximum Gasteiger partial charge on any atom is 0.255 e. The smallest absolute Gasteiger partial charge is 0.255 e. The fourth-order valence-corrected chi connectivity index (χ4v) is 2.23. The molecule has 1 heterocycles. The molecule has 0 saturated carbocycles. The van der Waals surface area contributed by atoms with Crippen molar-refractivity contribution in [2.45, 2.75) is 19.8 Å². The maximum atomic E-state index is 12.3. The first-order valence-electron chi connectivity index (χ1n) is 6.98. The number of imidazole rings is 1. The molecule has 4 nitrogen and oxygen atoms in total. The van der Waals surface area contributed by atoms with Crippen LogP contribution in [-0.4, -0.2) is 15.9 Å². The van der Waals surface area contributed by atoms with Crippen LogP contribution in [0.15, 0.2) is 48.8 Å². The number of hydrogen-bond donors (Lipinski definition) is 2. The minimum Gasteiger partial charge on any atom is -0.345 e. The molecule has 0 aliphatic carbocycles. The number of benzene rings is 2. The van der Waals surface area contributed by atoms with E-state index in [0.717, 1.165) is 16.7 Å². The second-order valence-corrected chi connectivity index (χ2v) is 5.37. The summed E-state index contributed by atoms with van der Waals surface area (Å²) in [5, 5.41) is 2.91. The Morgan fingerprint density at radius 1 is 1.14 bits per heavy atom. The first-order chi connectivity index (χ1) is 10.1. The molecule has 1 amide bonds. The van der Waals surface area contributed by atoms with Gasteiger partial charge in [-0.2, -0.15) is 0 Å². The Bertz CT molecular complexity index is 772. The van der Waals surface area contributed by atoms with Gasteiger partial charge in [-0.3, -0.25) is 4.79 Å². The molecule has 3 aromatic rings. The van der Waals surface area contributed by atoms with Gasteiger partial charge in [0, 0.05) is 11.3 Å². The van der Waals surface area contributed by atoms with E-state index in [0.29, 0.717) is 11.5 Å². The van der Waals surface area contributed by atoms with Crippen molar-refractivity contribution >= 4 is 22.6 Å². The minimum absolute atomic E-state index is 0.121. The predicted molar refractivity (Wildman–Crippen MR) is 84.6 cm³/mol. The Morgan fingerprint density at radius 2 is 1.90 bits per heavy atom. The number of aromatic nitrogens is 2. The lowest BCUT2D eigenvalue weighted by Gasteiger charge is -2.08. The second-order valence-electron chi connectivity index (χ2n) is 5.37. The molecule has 0 atom stereocenters. The van der Waals surface area contributed by atoms with Crippen molar-refractivity contribution in [2.24, 2.45) is 0 Å². The molecular weight excluding hydrogens is 262 g/mol. The minimum atomic E-state index is -0.121. The van der Waals surface area contributed by atoms with Gasteiger partial charge in [-0.25, -0.2) is 4.98 Å². The Kier molecular flexibility index (Phi) is 3.44. The molecule has 0 saturated heterocycles. The van der Waals surface area contributed by atoms with Gasteiger partial charge in [-0.1, -0.05) is 26.0 Å². The number of anilines is 1. The largest absolute Gasteiger partial charge is 0.345 e. The van der Waals surface area contributed by atoms with Crippen LogP contribution < -0.4 is 5.32 Å². The first kappa shape index (κ1) is 13.4. The summed E-state index contributed by atoms with van der Waals surface area (Å²) in [5.74, 6) is 0.362. The molecule has 0 aliphatic rings. The summed E-state index contributed by atoms with van der Waals surface area (Å²) in [6, 6.07) is 13.4. The van der Waals surface area contributed by atoms with Crippen LogP contribution in [0.4, 0.5) is 5.69 Å². The molecule has 0 unspecified atom stereocenters. The number of amides is 1. The van der Waals surface area contributed by atoms with Crippen LogP contribution in [0.5, 0.6) is 0 Å². The molecule has 3 rings (SSSR count). The fourth-order valence-electron chi connectivity index (χ4n) is 2.23. The molecular formula is C17H17N3O. The zero-order valence-corrected chi connectivity index (χ0v) is 12.1. The lowest BCUT2D eigenvalue weighted by atomic mass is 10.0. The fraction of sp³-hybridized carbons (Fsp3) is 0.176. The Hall–Kier alpha value is -2.62. The van der Waals surface area contributed by atoms with E-state index in [9.17, 15) is 4.79 Å². The average molecular weight is 279 g/mol. The highest BCUT2D eigenvalue weighted by atomic mass is 16.1. The summed E-state index contributed by atoms with van der Waals surface area (Å²) in [5.41, 5.74) is 4.38. The van der Waals surface area contributed by atoms with E-state index < -0.39 is 0 Å². The van der Waals surface area contributed by atoms with Crippen molar-refractivity contribution in [1.82, 2.24) is 9.97 Å². The van der Waals surface area contributed by atoms with Gasteiger partial charge in [-0.05, 0) is 41.8 Å². The molecule has 2 N–H and O–H groups in total. The van der Waals surface area contributed by atoms with Crippen LogP contribution in [0.1, 0.15) is 35.7 Å². The number of aromatic amines is 1. The quantitative estimate of drug-likeness (QED) is 0.763. The third-order valence-electron chi connectivity index (χ3n) is 3.52. The molecule has 0 aliphatic heterocycles. The van der Waals surface area contributed by atoms with E-state index in [4.69, 9.17) is 0 Å². The summed E-state index contributed by atoms with van der Waals surface area (Å²) < 4.78 is 0. The highest BCUT2D eigenvalue weighted by Gasteiger charge is 2.08. The predicted octanol–water partition coefficient (Wildman–Crippen LogP) is 3.94. The van der Waals surface area contributed by atoms with Crippen LogP contribution in [0, 0.1) is 0 Å². The average Bonchev–Trinajstić information content (AvgIpc) is 2.95. The zero-order valence-electron chi connectivity index (χ0n) is 12.1. The van der Waals surface area contributed by atoms with Gasteiger partial charge < -0.3 is 10.3 Å². The van der Waals surface area contributed by atoms with Gasteiger partial charge in [0.05, 0.1) is 17.4 Å². The maximum absolute atomic E-state index is 12.3. The third kappa shape index (κ3) is 2.79. The number of fused-ring (bicyclic) bond motifs is 1. The number of hydrogen-bond acceptors (Lipinski definition) is 2. The molecule has 0 fully saturated rings. The highest BCUT2D eigenvalue weighted by molar-refractivity contribution is 6.05. The SMILES string of the molecule is CC(C)c1ccc(NC(=O)c2ccc3nc[nH]c3c2)cc1. The van der Waals surface area contributed by atoms with Crippen LogP contribution in [0.25, 0.3) is 11.0 Å². The van der Waals surface area contributed by atoms with Crippen molar-refractivity contribution in [3.63, 3.8) is 0 Å². The Labute approximate surface area is 123 Å². The van der Waals surface area contributed by atoms with Gasteiger partial charge >= 0.3 is 0 Å². The number of nitrogens with one attached hydrogen (secondary N) is 2. The second kappa shape index (κ2) is 5.40. The summed E-state index contributed by atoms with van der Waals surface area (Å²) in [6.45, 7) is 4.29. The van der Waals surface area contributed by atoms with Gasteiger partial charge in [0.25, 0.3) is 5.91 Å². The summed E-state index contributed by atoms with van der Waals surface area (Å²) in [6.07, 6.45) is 1.62. The number of nitrogens with zero attached hydrogens (tertiary/aromatic N) is 1. The molecule has 0 radical (unpaired) electrons. The van der Waals surface area contributed by atoms with Crippen LogP contribution in [-0.2, 0) is 0 Å². The van der Waals surface area contributed by atoms with Crippen LogP contribution in [0.3, 0.4) is 0 Å². The zero-order chi connectivity index (χ0) is 14.8. The van der Waals surface area contributed by atoms with E-state index in [-0.39, 0.29) is 5.91 Å². The van der Waals surface area contributed by atoms with Crippen molar-refractivity contribution in [3.05, 3.63) is 59.9 Å². The molecule has 106 valence electrons. The third-order valence-corrected chi connectivity index (χ3v) is 3.52. The Morgan fingerprint density at radius 3 is 2.62 bits per heavy atom. The highest BCUT2D eigenvalue weighted by Crippen LogP contribution is 2.18. The van der Waals surface area contributed by atoms with Gasteiger partial charge in [0.15, 0.2) is 0 Å². The van der Waals surface area contributed by atoms with Crippen molar-refractivity contribution in [1.29, 1.82) is 0 Å².